The molecule has 2 aliphatic heterocycles. The second kappa shape index (κ2) is 10.3. The first kappa shape index (κ1) is 16.1. The zero-order chi connectivity index (χ0) is 10.2. The van der Waals surface area contributed by atoms with Gasteiger partial charge in [0.05, 0.1) is 0 Å². The third kappa shape index (κ3) is 8.88. The summed E-state index contributed by atoms with van der Waals surface area (Å²) in [5.74, 6) is 0. The van der Waals surface area contributed by atoms with E-state index in [1.807, 2.05) is 0 Å². The Labute approximate surface area is 123 Å². The molecule has 0 saturated carbocycles. The first-order chi connectivity index (χ1) is 6.79. The molecule has 2 saturated heterocycles. The van der Waals surface area contributed by atoms with Crippen LogP contribution in [0.15, 0.2) is 0 Å². The van der Waals surface area contributed by atoms with Gasteiger partial charge in [0, 0.05) is 35.6 Å². The van der Waals surface area contributed by atoms with Crippen molar-refractivity contribution >= 4 is 0 Å². The summed E-state index contributed by atoms with van der Waals surface area (Å²) in [4.78, 5) is 4.72. The Hall–Kier alpha value is 1.11. The molecule has 15 heavy (non-hydrogen) atoms. The SMILES string of the molecule is CN1CC[CH-]CC1.CN1CC[CH-]CC1.[La]. The van der Waals surface area contributed by atoms with E-state index in [-0.39, 0.29) is 35.6 Å². The van der Waals surface area contributed by atoms with Gasteiger partial charge in [-0.25, -0.2) is 0 Å². The molecule has 2 aliphatic rings. The van der Waals surface area contributed by atoms with Gasteiger partial charge in [-0.15, -0.1) is 0 Å². The molecule has 0 bridgehead atoms. The maximum Gasteiger partial charge on any atom is 0 e. The van der Waals surface area contributed by atoms with E-state index in [9.17, 15) is 0 Å². The first-order valence-electron chi connectivity index (χ1n) is 5.79. The molecule has 87 valence electrons. The Morgan fingerprint density at radius 2 is 0.933 bits per heavy atom. The average Bonchev–Trinajstić information content (AvgIpc) is 2.21. The Morgan fingerprint density at radius 1 is 0.667 bits per heavy atom. The standard InChI is InChI=1S/2C6H12N.La/c2*1-7-5-3-2-4-6-7;/h2*2H,3-6H2,1H3;/q2*-1;. The second-order valence-electron chi connectivity index (χ2n) is 4.34. The van der Waals surface area contributed by atoms with Crippen LogP contribution in [0.3, 0.4) is 0 Å². The molecular formula is C12H24LaN2-2. The number of rotatable bonds is 0. The number of hydrogen-bond donors (Lipinski definition) is 0. The van der Waals surface area contributed by atoms with Crippen molar-refractivity contribution in [3.63, 3.8) is 0 Å². The molecule has 3 heteroatoms. The van der Waals surface area contributed by atoms with Crippen molar-refractivity contribution in [2.24, 2.45) is 0 Å². The molecule has 1 radical (unpaired) electrons. The number of hydrogen-bond acceptors (Lipinski definition) is 2. The predicted molar refractivity (Wildman–Crippen MR) is 62.1 cm³/mol. The molecule has 0 aliphatic carbocycles. The van der Waals surface area contributed by atoms with Crippen LogP contribution < -0.4 is 0 Å². The van der Waals surface area contributed by atoms with Crippen molar-refractivity contribution in [3.8, 4) is 0 Å². The van der Waals surface area contributed by atoms with Gasteiger partial charge in [0.25, 0.3) is 0 Å². The topological polar surface area (TPSA) is 6.48 Å². The van der Waals surface area contributed by atoms with Crippen molar-refractivity contribution in [1.82, 2.24) is 9.80 Å². The van der Waals surface area contributed by atoms with E-state index in [1.165, 1.54) is 51.9 Å². The third-order valence-electron chi connectivity index (χ3n) is 2.86. The summed E-state index contributed by atoms with van der Waals surface area (Å²) >= 11 is 0. The van der Waals surface area contributed by atoms with Crippen LogP contribution in [-0.2, 0) is 0 Å². The molecule has 0 spiro atoms. The van der Waals surface area contributed by atoms with E-state index < -0.39 is 0 Å². The van der Waals surface area contributed by atoms with E-state index in [4.69, 9.17) is 0 Å². The number of piperidine rings is 2. The Bertz CT molecular complexity index is 114. The van der Waals surface area contributed by atoms with E-state index in [0.717, 1.165) is 0 Å². The van der Waals surface area contributed by atoms with Crippen molar-refractivity contribution in [2.45, 2.75) is 25.7 Å². The average molecular weight is 335 g/mol. The summed E-state index contributed by atoms with van der Waals surface area (Å²) in [6.07, 6.45) is 9.88. The van der Waals surface area contributed by atoms with Gasteiger partial charge in [-0.1, -0.05) is 0 Å². The second-order valence-corrected chi connectivity index (χ2v) is 4.34. The molecule has 0 N–H and O–H groups in total. The molecule has 2 rings (SSSR count). The molecule has 2 nitrogen and oxygen atoms in total. The van der Waals surface area contributed by atoms with Gasteiger partial charge in [0.15, 0.2) is 0 Å². The molecule has 2 heterocycles. The fourth-order valence-electron chi connectivity index (χ4n) is 1.76. The molecule has 0 aromatic rings. The van der Waals surface area contributed by atoms with Crippen LogP contribution in [0.5, 0.6) is 0 Å². The summed E-state index contributed by atoms with van der Waals surface area (Å²) in [5, 5.41) is 0. The Kier molecular flexibility index (Phi) is 11.0. The van der Waals surface area contributed by atoms with Crippen molar-refractivity contribution in [2.75, 3.05) is 40.3 Å². The van der Waals surface area contributed by atoms with Gasteiger partial charge in [-0.05, 0) is 40.3 Å². The zero-order valence-electron chi connectivity index (χ0n) is 10.3. The van der Waals surface area contributed by atoms with E-state index in [2.05, 4.69) is 36.7 Å². The molecule has 0 amide bonds. The minimum atomic E-state index is 0. The van der Waals surface area contributed by atoms with Crippen molar-refractivity contribution < 1.29 is 35.6 Å². The smallest absolute Gasteiger partial charge is 0 e. The van der Waals surface area contributed by atoms with Crippen LogP contribution in [0.4, 0.5) is 0 Å². The minimum absolute atomic E-state index is 0. The normalized spacial score (nSPS) is 23.6. The van der Waals surface area contributed by atoms with Gasteiger partial charge in [0.2, 0.25) is 0 Å². The Morgan fingerprint density at radius 3 is 1.07 bits per heavy atom. The molecule has 0 aromatic heterocycles. The minimum Gasteiger partial charge on any atom is -0.326 e. The summed E-state index contributed by atoms with van der Waals surface area (Å²) in [6.45, 7) is 5.06. The van der Waals surface area contributed by atoms with Gasteiger partial charge >= 0.3 is 0 Å². The summed E-state index contributed by atoms with van der Waals surface area (Å²) in [7, 11) is 4.35. The van der Waals surface area contributed by atoms with Gasteiger partial charge in [0.1, 0.15) is 0 Å². The fourth-order valence-corrected chi connectivity index (χ4v) is 1.76. The summed E-state index contributed by atoms with van der Waals surface area (Å²) in [6, 6.07) is 0. The fraction of sp³-hybridized carbons (Fsp3) is 0.833. The largest absolute Gasteiger partial charge is 0.326 e. The van der Waals surface area contributed by atoms with Crippen LogP contribution in [0.1, 0.15) is 25.7 Å². The van der Waals surface area contributed by atoms with E-state index in [0.29, 0.717) is 0 Å². The quantitative estimate of drug-likeness (QED) is 0.624. The van der Waals surface area contributed by atoms with Gasteiger partial charge in [-0.3, -0.25) is 0 Å². The van der Waals surface area contributed by atoms with Crippen LogP contribution in [0.25, 0.3) is 0 Å². The molecule has 2 fully saturated rings. The number of likely N-dealkylation sites (tertiary alicyclic amines) is 2. The molecular weight excluding hydrogens is 311 g/mol. The number of nitrogens with zero attached hydrogens (tertiary/aromatic N) is 2. The Balaban J connectivity index is 0.000000245. The van der Waals surface area contributed by atoms with E-state index in [1.54, 1.807) is 0 Å². The van der Waals surface area contributed by atoms with E-state index >= 15 is 0 Å². The van der Waals surface area contributed by atoms with Crippen LogP contribution in [-0.4, -0.2) is 50.1 Å². The summed E-state index contributed by atoms with van der Waals surface area (Å²) in [5.41, 5.74) is 0. The van der Waals surface area contributed by atoms with Crippen LogP contribution in [0.2, 0.25) is 0 Å². The van der Waals surface area contributed by atoms with Crippen LogP contribution >= 0.6 is 0 Å². The first-order valence-corrected chi connectivity index (χ1v) is 5.79. The maximum atomic E-state index is 2.36. The maximum absolute atomic E-state index is 2.36. The monoisotopic (exact) mass is 335 g/mol. The zero-order valence-corrected chi connectivity index (χ0v) is 13.9. The molecule has 0 atom stereocenters. The molecule has 0 aromatic carbocycles. The van der Waals surface area contributed by atoms with Gasteiger partial charge < -0.3 is 22.6 Å². The van der Waals surface area contributed by atoms with Crippen molar-refractivity contribution in [3.05, 3.63) is 12.8 Å². The van der Waals surface area contributed by atoms with Crippen LogP contribution in [0, 0.1) is 48.4 Å². The predicted octanol–water partition coefficient (Wildman–Crippen LogP) is 1.83. The van der Waals surface area contributed by atoms with Gasteiger partial charge in [-0.2, -0.15) is 25.7 Å². The van der Waals surface area contributed by atoms with Crippen molar-refractivity contribution in [1.29, 1.82) is 0 Å². The molecule has 0 unspecified atom stereocenters. The third-order valence-corrected chi connectivity index (χ3v) is 2.86. The summed E-state index contributed by atoms with van der Waals surface area (Å²) < 4.78 is 0.